The van der Waals surface area contributed by atoms with Gasteiger partial charge in [0.1, 0.15) is 23.8 Å². The van der Waals surface area contributed by atoms with Crippen LogP contribution in [0.25, 0.3) is 10.9 Å². The molecule has 1 N–H and O–H groups in total. The van der Waals surface area contributed by atoms with Crippen LogP contribution in [0.5, 0.6) is 5.88 Å². The molecule has 5 nitrogen and oxygen atoms in total. The van der Waals surface area contributed by atoms with Crippen LogP contribution in [0.15, 0.2) is 42.9 Å². The highest BCUT2D eigenvalue weighted by Crippen LogP contribution is 2.33. The molecule has 1 unspecified atom stereocenters. The Kier molecular flexibility index (Phi) is 5.13. The molecule has 0 saturated carbocycles. The van der Waals surface area contributed by atoms with E-state index in [1.807, 2.05) is 31.2 Å². The van der Waals surface area contributed by atoms with Crippen molar-refractivity contribution in [1.29, 1.82) is 0 Å². The first-order valence-electron chi connectivity index (χ1n) is 7.66. The molecule has 0 fully saturated rings. The lowest BCUT2D eigenvalue weighted by Gasteiger charge is -2.17. The molecule has 0 aliphatic rings. The van der Waals surface area contributed by atoms with Gasteiger partial charge in [-0.15, -0.1) is 0 Å². The largest absolute Gasteiger partial charge is 0.474 e. The highest BCUT2D eigenvalue weighted by atomic mass is 35.5. The first-order chi connectivity index (χ1) is 12.3. The minimum Gasteiger partial charge on any atom is -0.474 e. The summed E-state index contributed by atoms with van der Waals surface area (Å²) in [6, 6.07) is 8.11. The third kappa shape index (κ3) is 4.13. The zero-order valence-electron chi connectivity index (χ0n) is 13.6. The van der Waals surface area contributed by atoms with Gasteiger partial charge in [-0.1, -0.05) is 23.7 Å². The van der Waals surface area contributed by atoms with Gasteiger partial charge in [-0.25, -0.2) is 15.0 Å². The molecule has 2 aromatic heterocycles. The van der Waals surface area contributed by atoms with Crippen LogP contribution in [0.1, 0.15) is 12.5 Å². The van der Waals surface area contributed by atoms with Crippen LogP contribution in [-0.4, -0.2) is 27.6 Å². The van der Waals surface area contributed by atoms with E-state index < -0.39 is 11.7 Å². The van der Waals surface area contributed by atoms with E-state index in [1.165, 1.54) is 6.33 Å². The second-order valence-corrected chi connectivity index (χ2v) is 6.01. The Bertz CT molecular complexity index is 915. The average molecular weight is 383 g/mol. The SMILES string of the molecule is CC(COc1ncc(C(F)(F)F)cc1Cl)Nc1ncnc2ccccc12. The number of aromatic nitrogens is 3. The normalized spacial score (nSPS) is 12.8. The van der Waals surface area contributed by atoms with Gasteiger partial charge in [-0.05, 0) is 25.1 Å². The summed E-state index contributed by atoms with van der Waals surface area (Å²) in [6.07, 6.45) is -2.36. The van der Waals surface area contributed by atoms with Crippen LogP contribution < -0.4 is 10.1 Å². The predicted octanol–water partition coefficient (Wildman–Crippen LogP) is 4.58. The molecule has 0 bridgehead atoms. The summed E-state index contributed by atoms with van der Waals surface area (Å²) in [5.74, 6) is 0.582. The van der Waals surface area contributed by atoms with Gasteiger partial charge in [0.15, 0.2) is 0 Å². The predicted molar refractivity (Wildman–Crippen MR) is 92.4 cm³/mol. The zero-order valence-corrected chi connectivity index (χ0v) is 14.3. The lowest BCUT2D eigenvalue weighted by molar-refractivity contribution is -0.137. The Morgan fingerprint density at radius 1 is 1.19 bits per heavy atom. The van der Waals surface area contributed by atoms with Gasteiger partial charge in [0.25, 0.3) is 0 Å². The summed E-state index contributed by atoms with van der Waals surface area (Å²) in [4.78, 5) is 12.0. The molecule has 136 valence electrons. The van der Waals surface area contributed by atoms with Crippen LogP contribution >= 0.6 is 11.6 Å². The summed E-state index contributed by atoms with van der Waals surface area (Å²) < 4.78 is 43.3. The van der Waals surface area contributed by atoms with E-state index in [-0.39, 0.29) is 23.6 Å². The fourth-order valence-corrected chi connectivity index (χ4v) is 2.51. The summed E-state index contributed by atoms with van der Waals surface area (Å²) in [6.45, 7) is 1.98. The van der Waals surface area contributed by atoms with Crippen LogP contribution in [0.3, 0.4) is 0 Å². The molecule has 0 aliphatic heterocycles. The van der Waals surface area contributed by atoms with Crippen LogP contribution in [-0.2, 0) is 6.18 Å². The van der Waals surface area contributed by atoms with Crippen molar-refractivity contribution in [3.63, 3.8) is 0 Å². The second-order valence-electron chi connectivity index (χ2n) is 5.60. The lowest BCUT2D eigenvalue weighted by atomic mass is 10.2. The van der Waals surface area contributed by atoms with Crippen molar-refractivity contribution in [2.45, 2.75) is 19.1 Å². The van der Waals surface area contributed by atoms with Gasteiger partial charge in [-0.3, -0.25) is 0 Å². The Morgan fingerprint density at radius 3 is 2.69 bits per heavy atom. The Labute approximate surface area is 152 Å². The molecule has 1 atom stereocenters. The number of halogens is 4. The van der Waals surface area contributed by atoms with Gasteiger partial charge < -0.3 is 10.1 Å². The molecule has 0 radical (unpaired) electrons. The molecule has 26 heavy (non-hydrogen) atoms. The smallest absolute Gasteiger partial charge is 0.417 e. The highest BCUT2D eigenvalue weighted by molar-refractivity contribution is 6.31. The van der Waals surface area contributed by atoms with Crippen LogP contribution in [0.2, 0.25) is 5.02 Å². The number of para-hydroxylation sites is 1. The zero-order chi connectivity index (χ0) is 18.7. The van der Waals surface area contributed by atoms with Crippen molar-refractivity contribution in [3.8, 4) is 5.88 Å². The molecule has 9 heteroatoms. The number of pyridine rings is 1. The molecule has 0 amide bonds. The number of nitrogens with zero attached hydrogens (tertiary/aromatic N) is 3. The van der Waals surface area contributed by atoms with Crippen molar-refractivity contribution in [2.24, 2.45) is 0 Å². The summed E-state index contributed by atoms with van der Waals surface area (Å²) in [7, 11) is 0. The number of alkyl halides is 3. The molecule has 2 heterocycles. The van der Waals surface area contributed by atoms with Gasteiger partial charge >= 0.3 is 6.18 Å². The highest BCUT2D eigenvalue weighted by Gasteiger charge is 2.31. The fraction of sp³-hybridized carbons (Fsp3) is 0.235. The van der Waals surface area contributed by atoms with E-state index in [1.54, 1.807) is 0 Å². The topological polar surface area (TPSA) is 59.9 Å². The van der Waals surface area contributed by atoms with E-state index in [4.69, 9.17) is 16.3 Å². The average Bonchev–Trinajstić information content (AvgIpc) is 2.60. The molecule has 3 aromatic rings. The van der Waals surface area contributed by atoms with Crippen molar-refractivity contribution in [3.05, 3.63) is 53.4 Å². The maximum atomic E-state index is 12.6. The van der Waals surface area contributed by atoms with Crippen LogP contribution in [0, 0.1) is 0 Å². The molecular weight excluding hydrogens is 369 g/mol. The Hall–Kier alpha value is -2.61. The number of hydrogen-bond donors (Lipinski definition) is 1. The molecule has 0 aliphatic carbocycles. The standard InChI is InChI=1S/C17H14ClF3N4O/c1-10(25-15-12-4-2-3-5-14(12)23-9-24-15)8-26-16-13(18)6-11(7-22-16)17(19,20)21/h2-7,9-10H,8H2,1H3,(H,23,24,25). The number of fused-ring (bicyclic) bond motifs is 1. The Morgan fingerprint density at radius 2 is 1.96 bits per heavy atom. The molecule has 0 spiro atoms. The van der Waals surface area contributed by atoms with E-state index in [9.17, 15) is 13.2 Å². The summed E-state index contributed by atoms with van der Waals surface area (Å²) >= 11 is 5.83. The number of hydrogen-bond acceptors (Lipinski definition) is 5. The van der Waals surface area contributed by atoms with Gasteiger partial charge in [0.05, 0.1) is 17.1 Å². The number of ether oxygens (including phenoxy) is 1. The Balaban J connectivity index is 1.66. The van der Waals surface area contributed by atoms with Crippen molar-refractivity contribution in [1.82, 2.24) is 15.0 Å². The fourth-order valence-electron chi connectivity index (χ4n) is 2.29. The third-order valence-electron chi connectivity index (χ3n) is 3.53. The molecule has 0 saturated heterocycles. The van der Waals surface area contributed by atoms with Crippen molar-refractivity contribution in [2.75, 3.05) is 11.9 Å². The van der Waals surface area contributed by atoms with Gasteiger partial charge in [-0.2, -0.15) is 13.2 Å². The van der Waals surface area contributed by atoms with Crippen molar-refractivity contribution >= 4 is 28.3 Å². The number of rotatable bonds is 5. The first-order valence-corrected chi connectivity index (χ1v) is 8.04. The van der Waals surface area contributed by atoms with Gasteiger partial charge in [0.2, 0.25) is 5.88 Å². The van der Waals surface area contributed by atoms with Crippen molar-refractivity contribution < 1.29 is 17.9 Å². The minimum atomic E-state index is -4.50. The second kappa shape index (κ2) is 7.33. The quantitative estimate of drug-likeness (QED) is 0.700. The molecule has 3 rings (SSSR count). The summed E-state index contributed by atoms with van der Waals surface area (Å²) in [5, 5.41) is 3.84. The van der Waals surface area contributed by atoms with Crippen LogP contribution in [0.4, 0.5) is 19.0 Å². The molecule has 1 aromatic carbocycles. The van der Waals surface area contributed by atoms with E-state index >= 15 is 0 Å². The maximum absolute atomic E-state index is 12.6. The van der Waals surface area contributed by atoms with Gasteiger partial charge in [0, 0.05) is 11.6 Å². The monoisotopic (exact) mass is 382 g/mol. The maximum Gasteiger partial charge on any atom is 0.417 e. The van der Waals surface area contributed by atoms with E-state index in [2.05, 4.69) is 20.3 Å². The third-order valence-corrected chi connectivity index (χ3v) is 3.80. The summed E-state index contributed by atoms with van der Waals surface area (Å²) in [5.41, 5.74) is -0.126. The molecular formula is C17H14ClF3N4O. The first kappa shape index (κ1) is 18.2. The van der Waals surface area contributed by atoms with E-state index in [0.717, 1.165) is 17.0 Å². The number of benzene rings is 1. The number of anilines is 1. The number of nitrogens with one attached hydrogen (secondary N) is 1. The minimum absolute atomic E-state index is 0.0548. The van der Waals surface area contributed by atoms with E-state index in [0.29, 0.717) is 12.0 Å². The lowest BCUT2D eigenvalue weighted by Crippen LogP contribution is -2.24.